The molecule has 3 rings (SSSR count). The summed E-state index contributed by atoms with van der Waals surface area (Å²) in [6.45, 7) is 0. The maximum absolute atomic E-state index is 12.4. The molecule has 24 heavy (non-hydrogen) atoms. The molecule has 0 saturated carbocycles. The van der Waals surface area contributed by atoms with Gasteiger partial charge in [0.1, 0.15) is 28.2 Å². The lowest BCUT2D eigenvalue weighted by Crippen LogP contribution is -2.02. The highest BCUT2D eigenvalue weighted by atomic mass is 16.5. The van der Waals surface area contributed by atoms with Gasteiger partial charge in [0.05, 0.1) is 14.2 Å². The van der Waals surface area contributed by atoms with Crippen LogP contribution in [-0.4, -0.2) is 29.5 Å². The minimum Gasteiger partial charge on any atom is -0.508 e. The molecule has 0 bridgehead atoms. The van der Waals surface area contributed by atoms with Crippen molar-refractivity contribution in [3.63, 3.8) is 0 Å². The molecule has 0 saturated heterocycles. The molecule has 3 aromatic rings. The number of fused-ring (bicyclic) bond motifs is 1. The first-order valence-corrected chi connectivity index (χ1v) is 6.89. The van der Waals surface area contributed by atoms with Gasteiger partial charge in [-0.25, -0.2) is 0 Å². The van der Waals surface area contributed by atoms with E-state index in [2.05, 4.69) is 0 Å². The molecule has 0 amide bonds. The SMILES string of the molecule is COc1cc(-c2cc(=O)c3c(OC)cc(O)cc3o2)cc(O)c1O. The maximum Gasteiger partial charge on any atom is 0.200 e. The van der Waals surface area contributed by atoms with Crippen molar-refractivity contribution < 1.29 is 29.2 Å². The Morgan fingerprint density at radius 3 is 2.29 bits per heavy atom. The lowest BCUT2D eigenvalue weighted by atomic mass is 10.1. The molecule has 0 unspecified atom stereocenters. The highest BCUT2D eigenvalue weighted by Crippen LogP contribution is 2.40. The third kappa shape index (κ3) is 2.45. The second kappa shape index (κ2) is 5.69. The van der Waals surface area contributed by atoms with E-state index in [0.29, 0.717) is 5.56 Å². The van der Waals surface area contributed by atoms with Crippen LogP contribution >= 0.6 is 0 Å². The summed E-state index contributed by atoms with van der Waals surface area (Å²) >= 11 is 0. The summed E-state index contributed by atoms with van der Waals surface area (Å²) in [6.07, 6.45) is 0. The molecule has 0 aliphatic carbocycles. The van der Waals surface area contributed by atoms with Crippen molar-refractivity contribution in [2.75, 3.05) is 14.2 Å². The predicted octanol–water partition coefficient (Wildman–Crippen LogP) is 2.59. The maximum atomic E-state index is 12.4. The molecule has 124 valence electrons. The van der Waals surface area contributed by atoms with E-state index in [-0.39, 0.29) is 39.4 Å². The summed E-state index contributed by atoms with van der Waals surface area (Å²) < 4.78 is 15.7. The van der Waals surface area contributed by atoms with Gasteiger partial charge in [-0.3, -0.25) is 4.79 Å². The van der Waals surface area contributed by atoms with Crippen molar-refractivity contribution >= 4 is 11.0 Å². The molecular formula is C17H14O7. The normalized spacial score (nSPS) is 10.8. The van der Waals surface area contributed by atoms with Gasteiger partial charge in [-0.2, -0.15) is 0 Å². The molecule has 1 aromatic heterocycles. The molecule has 0 radical (unpaired) electrons. The molecule has 2 aromatic carbocycles. The standard InChI is InChI=1S/C17H14O7/c1-22-13-5-9(18)6-14-16(13)10(19)7-12(24-14)8-3-11(20)17(21)15(4-8)23-2/h3-7,18,20-21H,1-2H3. The zero-order chi connectivity index (χ0) is 17.4. The Morgan fingerprint density at radius 2 is 1.62 bits per heavy atom. The fourth-order valence-electron chi connectivity index (χ4n) is 2.43. The fraction of sp³-hybridized carbons (Fsp3) is 0.118. The minimum absolute atomic E-state index is 0.0289. The van der Waals surface area contributed by atoms with Gasteiger partial charge in [0.25, 0.3) is 0 Å². The van der Waals surface area contributed by atoms with Crippen molar-refractivity contribution in [1.29, 1.82) is 0 Å². The number of hydrogen-bond acceptors (Lipinski definition) is 7. The highest BCUT2D eigenvalue weighted by Gasteiger charge is 2.16. The number of ether oxygens (including phenoxy) is 2. The molecule has 0 aliphatic heterocycles. The Balaban J connectivity index is 2.29. The van der Waals surface area contributed by atoms with E-state index in [9.17, 15) is 20.1 Å². The molecule has 7 nitrogen and oxygen atoms in total. The van der Waals surface area contributed by atoms with E-state index >= 15 is 0 Å². The van der Waals surface area contributed by atoms with Crippen molar-refractivity contribution in [2.45, 2.75) is 0 Å². The van der Waals surface area contributed by atoms with Crippen LogP contribution < -0.4 is 14.9 Å². The van der Waals surface area contributed by atoms with Crippen LogP contribution in [0.4, 0.5) is 0 Å². The van der Waals surface area contributed by atoms with Crippen LogP contribution in [0.15, 0.2) is 39.5 Å². The smallest absolute Gasteiger partial charge is 0.200 e. The van der Waals surface area contributed by atoms with Gasteiger partial charge in [-0.05, 0) is 12.1 Å². The Bertz CT molecular complexity index is 988. The van der Waals surface area contributed by atoms with Gasteiger partial charge in [0, 0.05) is 23.8 Å². The Morgan fingerprint density at radius 1 is 0.917 bits per heavy atom. The van der Waals surface area contributed by atoms with E-state index in [0.717, 1.165) is 0 Å². The lowest BCUT2D eigenvalue weighted by molar-refractivity contribution is 0.351. The monoisotopic (exact) mass is 330 g/mol. The zero-order valence-corrected chi connectivity index (χ0v) is 12.9. The molecular weight excluding hydrogens is 316 g/mol. The summed E-state index contributed by atoms with van der Waals surface area (Å²) in [4.78, 5) is 12.4. The Labute approximate surface area is 135 Å². The van der Waals surface area contributed by atoms with Gasteiger partial charge in [0.2, 0.25) is 5.75 Å². The van der Waals surface area contributed by atoms with Crippen LogP contribution in [-0.2, 0) is 0 Å². The van der Waals surface area contributed by atoms with E-state index in [1.807, 2.05) is 0 Å². The first-order valence-electron chi connectivity index (χ1n) is 6.89. The first-order chi connectivity index (χ1) is 11.4. The number of phenols is 3. The predicted molar refractivity (Wildman–Crippen MR) is 86.0 cm³/mol. The van der Waals surface area contributed by atoms with Crippen LogP contribution in [0.3, 0.4) is 0 Å². The van der Waals surface area contributed by atoms with Gasteiger partial charge in [-0.1, -0.05) is 0 Å². The first kappa shape index (κ1) is 15.5. The van der Waals surface area contributed by atoms with Crippen LogP contribution in [0, 0.1) is 0 Å². The summed E-state index contributed by atoms with van der Waals surface area (Å²) in [6, 6.07) is 6.49. The van der Waals surface area contributed by atoms with Crippen LogP contribution in [0.5, 0.6) is 28.7 Å². The number of aromatic hydroxyl groups is 3. The largest absolute Gasteiger partial charge is 0.508 e. The summed E-state index contributed by atoms with van der Waals surface area (Å²) in [7, 11) is 2.71. The highest BCUT2D eigenvalue weighted by molar-refractivity contribution is 5.86. The van der Waals surface area contributed by atoms with E-state index in [4.69, 9.17) is 13.9 Å². The molecule has 3 N–H and O–H groups in total. The average molecular weight is 330 g/mol. The number of methoxy groups -OCH3 is 2. The van der Waals surface area contributed by atoms with Crippen molar-refractivity contribution in [1.82, 2.24) is 0 Å². The molecule has 1 heterocycles. The third-order valence-electron chi connectivity index (χ3n) is 3.56. The number of phenolic OH excluding ortho intramolecular Hbond substituents is 3. The quantitative estimate of drug-likeness (QED) is 0.633. The average Bonchev–Trinajstić information content (AvgIpc) is 2.55. The summed E-state index contributed by atoms with van der Waals surface area (Å²) in [5.41, 5.74) is 0.0685. The third-order valence-corrected chi connectivity index (χ3v) is 3.56. The van der Waals surface area contributed by atoms with E-state index < -0.39 is 11.5 Å². The molecule has 0 atom stereocenters. The second-order valence-corrected chi connectivity index (χ2v) is 5.04. The molecule has 0 fully saturated rings. The zero-order valence-electron chi connectivity index (χ0n) is 12.9. The number of rotatable bonds is 3. The minimum atomic E-state index is -0.416. The fourth-order valence-corrected chi connectivity index (χ4v) is 2.43. The van der Waals surface area contributed by atoms with Crippen molar-refractivity contribution in [3.05, 3.63) is 40.6 Å². The van der Waals surface area contributed by atoms with E-state index in [1.54, 1.807) is 0 Å². The lowest BCUT2D eigenvalue weighted by Gasteiger charge is -2.10. The number of benzene rings is 2. The summed E-state index contributed by atoms with van der Waals surface area (Å²) in [5.74, 6) is -0.596. The summed E-state index contributed by atoms with van der Waals surface area (Å²) in [5, 5.41) is 29.4. The molecule has 0 spiro atoms. The van der Waals surface area contributed by atoms with Crippen LogP contribution in [0.2, 0.25) is 0 Å². The molecule has 7 heteroatoms. The van der Waals surface area contributed by atoms with Gasteiger partial charge in [-0.15, -0.1) is 0 Å². The van der Waals surface area contributed by atoms with Crippen LogP contribution in [0.25, 0.3) is 22.3 Å². The van der Waals surface area contributed by atoms with Crippen LogP contribution in [0.1, 0.15) is 0 Å². The molecule has 0 aliphatic rings. The van der Waals surface area contributed by atoms with Crippen molar-refractivity contribution in [3.8, 4) is 40.1 Å². The van der Waals surface area contributed by atoms with E-state index in [1.165, 1.54) is 44.6 Å². The topological polar surface area (TPSA) is 109 Å². The Kier molecular flexibility index (Phi) is 3.69. The van der Waals surface area contributed by atoms with Gasteiger partial charge in [0.15, 0.2) is 16.9 Å². The van der Waals surface area contributed by atoms with Crippen molar-refractivity contribution in [2.24, 2.45) is 0 Å². The second-order valence-electron chi connectivity index (χ2n) is 5.04. The Hall–Kier alpha value is -3.35. The van der Waals surface area contributed by atoms with Gasteiger partial charge >= 0.3 is 0 Å². The van der Waals surface area contributed by atoms with Gasteiger partial charge < -0.3 is 29.2 Å². The number of hydrogen-bond donors (Lipinski definition) is 3.